The van der Waals surface area contributed by atoms with Crippen molar-refractivity contribution in [3.8, 4) is 0 Å². The topological polar surface area (TPSA) is 85.4 Å². The molecule has 2 rings (SSSR count). The van der Waals surface area contributed by atoms with Crippen LogP contribution in [0.2, 0.25) is 10.0 Å². The summed E-state index contributed by atoms with van der Waals surface area (Å²) >= 11 is 11.6. The molecule has 0 aliphatic heterocycles. The maximum absolute atomic E-state index is 11.8. The van der Waals surface area contributed by atoms with Gasteiger partial charge >= 0.3 is 5.88 Å². The summed E-state index contributed by atoms with van der Waals surface area (Å²) in [5, 5.41) is 13.6. The molecule has 1 aromatic carbocycles. The van der Waals surface area contributed by atoms with E-state index in [1.165, 1.54) is 18.2 Å². The minimum Gasteiger partial charge on any atom is -0.395 e. The van der Waals surface area contributed by atoms with Crippen molar-refractivity contribution in [1.29, 1.82) is 0 Å². The highest BCUT2D eigenvalue weighted by molar-refractivity contribution is 6.36. The Bertz CT molecular complexity index is 654. The number of rotatable bonds is 3. The van der Waals surface area contributed by atoms with E-state index < -0.39 is 16.7 Å². The fourth-order valence-electron chi connectivity index (χ4n) is 1.32. The van der Waals surface area contributed by atoms with Crippen molar-refractivity contribution in [3.63, 3.8) is 0 Å². The standard InChI is InChI=1S/C11H6Cl2N2O4/c12-6-1-2-8(7(13)5-6)14-11(16)9-3-4-10(19-9)15(17)18/h1-5H,(H,14,16). The number of hydrogen-bond donors (Lipinski definition) is 1. The lowest BCUT2D eigenvalue weighted by atomic mass is 10.3. The third kappa shape index (κ3) is 3.04. The molecule has 0 aliphatic carbocycles. The van der Waals surface area contributed by atoms with Gasteiger partial charge in [0.25, 0.3) is 5.91 Å². The largest absolute Gasteiger partial charge is 0.433 e. The summed E-state index contributed by atoms with van der Waals surface area (Å²) in [6.07, 6.45) is 0. The van der Waals surface area contributed by atoms with Crippen molar-refractivity contribution < 1.29 is 14.1 Å². The number of carbonyl (C=O) groups excluding carboxylic acids is 1. The van der Waals surface area contributed by atoms with Crippen molar-refractivity contribution in [3.05, 3.63) is 56.3 Å². The molecule has 1 heterocycles. The Hall–Kier alpha value is -2.05. The predicted molar refractivity (Wildman–Crippen MR) is 69.8 cm³/mol. The van der Waals surface area contributed by atoms with Crippen LogP contribution in [0.1, 0.15) is 10.6 Å². The Morgan fingerprint density at radius 1 is 1.26 bits per heavy atom. The summed E-state index contributed by atoms with van der Waals surface area (Å²) in [6.45, 7) is 0. The number of furan rings is 1. The number of amides is 1. The lowest BCUT2D eigenvalue weighted by Crippen LogP contribution is -2.11. The van der Waals surface area contributed by atoms with Gasteiger partial charge in [-0.1, -0.05) is 23.2 Å². The molecule has 0 atom stereocenters. The Morgan fingerprint density at radius 2 is 2.00 bits per heavy atom. The quantitative estimate of drug-likeness (QED) is 0.691. The van der Waals surface area contributed by atoms with Gasteiger partial charge in [-0.15, -0.1) is 0 Å². The Balaban J connectivity index is 2.18. The van der Waals surface area contributed by atoms with Gasteiger partial charge in [-0.05, 0) is 24.3 Å². The van der Waals surface area contributed by atoms with Gasteiger partial charge < -0.3 is 9.73 Å². The molecule has 0 fully saturated rings. The lowest BCUT2D eigenvalue weighted by molar-refractivity contribution is -0.402. The van der Waals surface area contributed by atoms with E-state index in [1.807, 2.05) is 0 Å². The molecule has 0 spiro atoms. The second kappa shape index (κ2) is 5.29. The summed E-state index contributed by atoms with van der Waals surface area (Å²) in [7, 11) is 0. The Labute approximate surface area is 117 Å². The summed E-state index contributed by atoms with van der Waals surface area (Å²) < 4.78 is 4.76. The zero-order valence-electron chi connectivity index (χ0n) is 9.22. The van der Waals surface area contributed by atoms with Gasteiger partial charge in [0.1, 0.15) is 4.92 Å². The first-order chi connectivity index (χ1) is 8.97. The Morgan fingerprint density at radius 3 is 2.58 bits per heavy atom. The maximum Gasteiger partial charge on any atom is 0.433 e. The zero-order chi connectivity index (χ0) is 14.0. The van der Waals surface area contributed by atoms with Crippen LogP contribution in [0.5, 0.6) is 0 Å². The van der Waals surface area contributed by atoms with Crippen LogP contribution in [0.4, 0.5) is 11.6 Å². The molecule has 6 nitrogen and oxygen atoms in total. The fourth-order valence-corrected chi connectivity index (χ4v) is 1.78. The molecular weight excluding hydrogens is 295 g/mol. The van der Waals surface area contributed by atoms with Crippen LogP contribution in [0.15, 0.2) is 34.7 Å². The van der Waals surface area contributed by atoms with Crippen molar-refractivity contribution >= 4 is 40.7 Å². The fraction of sp³-hybridized carbons (Fsp3) is 0. The van der Waals surface area contributed by atoms with Crippen LogP contribution < -0.4 is 5.32 Å². The van der Waals surface area contributed by atoms with E-state index in [0.717, 1.165) is 6.07 Å². The van der Waals surface area contributed by atoms with Crippen LogP contribution in [-0.4, -0.2) is 10.8 Å². The SMILES string of the molecule is O=C(Nc1ccc(Cl)cc1Cl)c1ccc([N+](=O)[O-])o1. The summed E-state index contributed by atoms with van der Waals surface area (Å²) in [5.41, 5.74) is 0.329. The van der Waals surface area contributed by atoms with Gasteiger partial charge in [-0.25, -0.2) is 0 Å². The number of hydrogen-bond acceptors (Lipinski definition) is 4. The first-order valence-electron chi connectivity index (χ1n) is 4.98. The molecule has 19 heavy (non-hydrogen) atoms. The molecule has 0 radical (unpaired) electrons. The second-order valence-corrected chi connectivity index (χ2v) is 4.32. The smallest absolute Gasteiger partial charge is 0.395 e. The van der Waals surface area contributed by atoms with E-state index in [0.29, 0.717) is 10.7 Å². The molecule has 0 aliphatic rings. The van der Waals surface area contributed by atoms with Crippen molar-refractivity contribution in [1.82, 2.24) is 0 Å². The van der Waals surface area contributed by atoms with E-state index >= 15 is 0 Å². The average Bonchev–Trinajstić information content (AvgIpc) is 2.82. The Kier molecular flexibility index (Phi) is 3.73. The second-order valence-electron chi connectivity index (χ2n) is 3.47. The number of halogens is 2. The predicted octanol–water partition coefficient (Wildman–Crippen LogP) is 3.75. The monoisotopic (exact) mass is 300 g/mol. The molecule has 0 bridgehead atoms. The molecule has 0 saturated carbocycles. The minimum atomic E-state index is -0.730. The van der Waals surface area contributed by atoms with E-state index in [1.54, 1.807) is 6.07 Å². The molecule has 8 heteroatoms. The van der Waals surface area contributed by atoms with Crippen LogP contribution in [0.3, 0.4) is 0 Å². The highest BCUT2D eigenvalue weighted by atomic mass is 35.5. The normalized spacial score (nSPS) is 10.2. The molecule has 2 aromatic rings. The molecule has 0 saturated heterocycles. The number of carbonyl (C=O) groups is 1. The number of anilines is 1. The van der Waals surface area contributed by atoms with Crippen molar-refractivity contribution in [2.75, 3.05) is 5.32 Å². The molecule has 1 aromatic heterocycles. The van der Waals surface area contributed by atoms with Gasteiger partial charge in [-0.3, -0.25) is 14.9 Å². The maximum atomic E-state index is 11.8. The van der Waals surface area contributed by atoms with E-state index in [2.05, 4.69) is 5.32 Å². The number of nitrogens with one attached hydrogen (secondary N) is 1. The lowest BCUT2D eigenvalue weighted by Gasteiger charge is -2.05. The first-order valence-corrected chi connectivity index (χ1v) is 5.73. The molecular formula is C11H6Cl2N2O4. The third-order valence-corrected chi connectivity index (χ3v) is 2.72. The van der Waals surface area contributed by atoms with Gasteiger partial charge in [0, 0.05) is 5.02 Å². The highest BCUT2D eigenvalue weighted by Gasteiger charge is 2.18. The van der Waals surface area contributed by atoms with Gasteiger partial charge in [0.05, 0.1) is 16.8 Å². The van der Waals surface area contributed by atoms with E-state index in [9.17, 15) is 14.9 Å². The molecule has 98 valence electrons. The van der Waals surface area contributed by atoms with Crippen LogP contribution in [0.25, 0.3) is 0 Å². The van der Waals surface area contributed by atoms with Crippen molar-refractivity contribution in [2.45, 2.75) is 0 Å². The van der Waals surface area contributed by atoms with Gasteiger partial charge in [0.2, 0.25) is 0 Å². The summed E-state index contributed by atoms with van der Waals surface area (Å²) in [6, 6.07) is 6.83. The van der Waals surface area contributed by atoms with Crippen molar-refractivity contribution in [2.24, 2.45) is 0 Å². The summed E-state index contributed by atoms with van der Waals surface area (Å²) in [5.74, 6) is -1.33. The minimum absolute atomic E-state index is 0.183. The first kappa shape index (κ1) is 13.4. The third-order valence-electron chi connectivity index (χ3n) is 2.17. The summed E-state index contributed by atoms with van der Waals surface area (Å²) in [4.78, 5) is 21.5. The number of nitrogens with zero attached hydrogens (tertiary/aromatic N) is 1. The van der Waals surface area contributed by atoms with Gasteiger partial charge in [-0.2, -0.15) is 0 Å². The highest BCUT2D eigenvalue weighted by Crippen LogP contribution is 2.26. The van der Waals surface area contributed by atoms with Gasteiger partial charge in [0.15, 0.2) is 5.76 Å². The zero-order valence-corrected chi connectivity index (χ0v) is 10.7. The molecule has 1 amide bonds. The number of benzene rings is 1. The van der Waals surface area contributed by atoms with Crippen LogP contribution in [0, 0.1) is 10.1 Å². The van der Waals surface area contributed by atoms with Crippen LogP contribution in [-0.2, 0) is 0 Å². The number of nitro groups is 1. The van der Waals surface area contributed by atoms with Crippen LogP contribution >= 0.6 is 23.2 Å². The molecule has 1 N–H and O–H groups in total. The molecule has 0 unspecified atom stereocenters. The van der Waals surface area contributed by atoms with E-state index in [-0.39, 0.29) is 10.8 Å². The van der Waals surface area contributed by atoms with E-state index in [4.69, 9.17) is 27.6 Å². The average molecular weight is 301 g/mol.